The quantitative estimate of drug-likeness (QED) is 0.287. The molecule has 0 aliphatic carbocycles. The monoisotopic (exact) mass is 460 g/mol. The van der Waals surface area contributed by atoms with Crippen LogP contribution < -0.4 is 0 Å². The lowest BCUT2D eigenvalue weighted by Crippen LogP contribution is -1.94. The second kappa shape index (κ2) is 8.94. The Balaban J connectivity index is 1.89. The summed E-state index contributed by atoms with van der Waals surface area (Å²) in [6.45, 7) is 6.48. The molecule has 3 rings (SSSR count). The molecule has 132 valence electrons. The maximum atomic E-state index is 3.34. The second-order valence-electron chi connectivity index (χ2n) is 6.83. The summed E-state index contributed by atoms with van der Waals surface area (Å²) in [5.41, 5.74) is 6.66. The third kappa shape index (κ3) is 5.49. The first kappa shape index (κ1) is 19.3. The minimum absolute atomic E-state index is 0.396. The molecule has 0 aromatic heterocycles. The van der Waals surface area contributed by atoms with Crippen LogP contribution in [0.5, 0.6) is 0 Å². The number of hydrogen-bond donors (Lipinski definition) is 0. The number of benzene rings is 3. The van der Waals surface area contributed by atoms with Crippen molar-refractivity contribution in [3.05, 3.63) is 104 Å². The molecule has 0 fully saturated rings. The molecule has 0 atom stereocenters. The van der Waals surface area contributed by atoms with Crippen molar-refractivity contribution < 1.29 is 0 Å². The molecule has 0 nitrogen and oxygen atoms in total. The summed E-state index contributed by atoms with van der Waals surface area (Å²) < 4.78 is 1.22. The van der Waals surface area contributed by atoms with Crippen molar-refractivity contribution in [2.75, 3.05) is 0 Å². The van der Waals surface area contributed by atoms with Crippen LogP contribution >= 0.6 is 22.6 Å². The van der Waals surface area contributed by atoms with Crippen LogP contribution in [0.3, 0.4) is 0 Å². The van der Waals surface area contributed by atoms with Crippen molar-refractivity contribution in [2.24, 2.45) is 0 Å². The average molecular weight is 460 g/mol. The van der Waals surface area contributed by atoms with Gasteiger partial charge in [0.2, 0.25) is 0 Å². The van der Waals surface area contributed by atoms with E-state index in [1.165, 1.54) is 14.7 Å². The normalized spacial score (nSPS) is 9.96. The van der Waals surface area contributed by atoms with E-state index in [2.05, 4.69) is 134 Å². The average Bonchev–Trinajstić information content (AvgIpc) is 2.67. The largest absolute Gasteiger partial charge is 0.0617 e. The SMILES string of the molecule is Cc1ccc(C#Cc2ccc(C#Cc3ccc(I)cc3)c(C(C)C)c2)cc1. The molecule has 1 heteroatoms. The molecule has 3 aromatic carbocycles. The molecule has 0 saturated heterocycles. The first-order chi connectivity index (χ1) is 13.0. The highest BCUT2D eigenvalue weighted by molar-refractivity contribution is 14.1. The molecule has 0 aliphatic heterocycles. The van der Waals surface area contributed by atoms with Gasteiger partial charge in [-0.05, 0) is 95.6 Å². The molecule has 0 heterocycles. The second-order valence-corrected chi connectivity index (χ2v) is 8.08. The van der Waals surface area contributed by atoms with Crippen molar-refractivity contribution >= 4 is 22.6 Å². The van der Waals surface area contributed by atoms with Gasteiger partial charge in [0.05, 0.1) is 0 Å². The molecule has 0 N–H and O–H groups in total. The lowest BCUT2D eigenvalue weighted by Gasteiger charge is -2.09. The van der Waals surface area contributed by atoms with Crippen LogP contribution in [0.15, 0.2) is 66.7 Å². The summed E-state index contributed by atoms with van der Waals surface area (Å²) in [6, 6.07) is 22.9. The van der Waals surface area contributed by atoms with E-state index in [1.54, 1.807) is 0 Å². The van der Waals surface area contributed by atoms with Crippen molar-refractivity contribution in [3.63, 3.8) is 0 Å². The van der Waals surface area contributed by atoms with Crippen molar-refractivity contribution in [1.82, 2.24) is 0 Å². The molecule has 0 unspecified atom stereocenters. The molecule has 0 saturated carbocycles. The van der Waals surface area contributed by atoms with E-state index in [4.69, 9.17) is 0 Å². The van der Waals surface area contributed by atoms with Crippen molar-refractivity contribution in [2.45, 2.75) is 26.7 Å². The number of aryl methyl sites for hydroxylation is 1. The molecule has 0 bridgehead atoms. The van der Waals surface area contributed by atoms with Crippen LogP contribution in [0, 0.1) is 34.2 Å². The molecule has 0 amide bonds. The van der Waals surface area contributed by atoms with Gasteiger partial charge in [0.1, 0.15) is 0 Å². The highest BCUT2D eigenvalue weighted by Crippen LogP contribution is 2.20. The van der Waals surface area contributed by atoms with Crippen LogP contribution in [0.4, 0.5) is 0 Å². The Labute approximate surface area is 176 Å². The first-order valence-corrected chi connectivity index (χ1v) is 10.1. The van der Waals surface area contributed by atoms with Gasteiger partial charge in [-0.1, -0.05) is 55.2 Å². The van der Waals surface area contributed by atoms with Crippen LogP contribution in [-0.4, -0.2) is 0 Å². The van der Waals surface area contributed by atoms with Gasteiger partial charge >= 0.3 is 0 Å². The third-order valence-corrected chi connectivity index (χ3v) is 4.98. The number of halogens is 1. The summed E-state index contributed by atoms with van der Waals surface area (Å²) in [5, 5.41) is 0. The number of hydrogen-bond acceptors (Lipinski definition) is 0. The fourth-order valence-electron chi connectivity index (χ4n) is 2.69. The van der Waals surface area contributed by atoms with E-state index in [-0.39, 0.29) is 0 Å². The zero-order valence-electron chi connectivity index (χ0n) is 15.8. The van der Waals surface area contributed by atoms with Crippen LogP contribution in [0.25, 0.3) is 0 Å². The summed E-state index contributed by atoms with van der Waals surface area (Å²) in [6.07, 6.45) is 0. The highest BCUT2D eigenvalue weighted by Gasteiger charge is 2.05. The van der Waals surface area contributed by atoms with Crippen LogP contribution in [0.2, 0.25) is 0 Å². The minimum Gasteiger partial charge on any atom is -0.0617 e. The fraction of sp³-hybridized carbons (Fsp3) is 0.154. The van der Waals surface area contributed by atoms with E-state index in [0.717, 1.165) is 22.3 Å². The predicted molar refractivity (Wildman–Crippen MR) is 123 cm³/mol. The Morgan fingerprint density at radius 3 is 1.81 bits per heavy atom. The Morgan fingerprint density at radius 2 is 1.19 bits per heavy atom. The predicted octanol–water partition coefficient (Wildman–Crippen LogP) is 6.52. The lowest BCUT2D eigenvalue weighted by molar-refractivity contribution is 0.863. The van der Waals surface area contributed by atoms with Gasteiger partial charge in [-0.2, -0.15) is 0 Å². The Hall–Kier alpha value is -2.49. The zero-order valence-corrected chi connectivity index (χ0v) is 18.0. The van der Waals surface area contributed by atoms with Gasteiger partial charge in [0.25, 0.3) is 0 Å². The minimum atomic E-state index is 0.396. The maximum absolute atomic E-state index is 3.34. The Morgan fingerprint density at radius 1 is 0.667 bits per heavy atom. The molecule has 0 spiro atoms. The van der Waals surface area contributed by atoms with Gasteiger partial charge in [0, 0.05) is 25.8 Å². The van der Waals surface area contributed by atoms with E-state index in [9.17, 15) is 0 Å². The van der Waals surface area contributed by atoms with Crippen molar-refractivity contribution in [3.8, 4) is 23.7 Å². The summed E-state index contributed by atoms with van der Waals surface area (Å²) in [4.78, 5) is 0. The van der Waals surface area contributed by atoms with Crippen LogP contribution in [0.1, 0.15) is 53.1 Å². The zero-order chi connectivity index (χ0) is 19.2. The molecule has 0 aliphatic rings. The van der Waals surface area contributed by atoms with Crippen LogP contribution in [-0.2, 0) is 0 Å². The fourth-order valence-corrected chi connectivity index (χ4v) is 3.05. The van der Waals surface area contributed by atoms with E-state index in [0.29, 0.717) is 5.92 Å². The smallest absolute Gasteiger partial charge is 0.0284 e. The van der Waals surface area contributed by atoms with Gasteiger partial charge < -0.3 is 0 Å². The third-order valence-electron chi connectivity index (χ3n) is 4.26. The van der Waals surface area contributed by atoms with Crippen molar-refractivity contribution in [1.29, 1.82) is 0 Å². The van der Waals surface area contributed by atoms with Gasteiger partial charge in [-0.15, -0.1) is 0 Å². The lowest BCUT2D eigenvalue weighted by atomic mass is 9.95. The van der Waals surface area contributed by atoms with Gasteiger partial charge in [-0.25, -0.2) is 0 Å². The standard InChI is InChI=1S/C26H21I/c1-19(2)26-18-23(9-8-21-6-4-20(3)5-7-21)11-15-24(26)14-10-22-12-16-25(27)17-13-22/h4-7,11-13,15-19H,1-3H3. The van der Waals surface area contributed by atoms with Gasteiger partial charge in [-0.3, -0.25) is 0 Å². The Bertz CT molecular complexity index is 1050. The van der Waals surface area contributed by atoms with E-state index in [1.807, 2.05) is 0 Å². The highest BCUT2D eigenvalue weighted by atomic mass is 127. The first-order valence-electron chi connectivity index (χ1n) is 9.01. The summed E-state index contributed by atoms with van der Waals surface area (Å²) in [7, 11) is 0. The molecule has 0 radical (unpaired) electrons. The molecular weight excluding hydrogens is 439 g/mol. The molecule has 27 heavy (non-hydrogen) atoms. The summed E-state index contributed by atoms with van der Waals surface area (Å²) >= 11 is 2.31. The van der Waals surface area contributed by atoms with Gasteiger partial charge in [0.15, 0.2) is 0 Å². The summed E-state index contributed by atoms with van der Waals surface area (Å²) in [5.74, 6) is 13.5. The molecular formula is C26H21I. The molecule has 3 aromatic rings. The number of rotatable bonds is 1. The topological polar surface area (TPSA) is 0 Å². The maximum Gasteiger partial charge on any atom is 0.0284 e. The Kier molecular flexibility index (Phi) is 6.38. The van der Waals surface area contributed by atoms with E-state index >= 15 is 0 Å². The van der Waals surface area contributed by atoms with E-state index < -0.39 is 0 Å².